The monoisotopic (exact) mass is 194 g/mol. The molecule has 0 saturated heterocycles. The molecule has 0 unspecified atom stereocenters. The average Bonchev–Trinajstić information content (AvgIpc) is 2.14. The van der Waals surface area contributed by atoms with E-state index in [0.29, 0.717) is 5.75 Å². The molecule has 0 aliphatic carbocycles. The van der Waals surface area contributed by atoms with Crippen molar-refractivity contribution in [2.24, 2.45) is 5.84 Å². The van der Waals surface area contributed by atoms with Gasteiger partial charge in [-0.05, 0) is 24.6 Å². The number of carbonyl (C=O) groups excluding carboxylic acids is 1. The molecular formula is C10H14N2O2. The summed E-state index contributed by atoms with van der Waals surface area (Å²) in [6.07, 6.45) is 0. The number of benzene rings is 1. The summed E-state index contributed by atoms with van der Waals surface area (Å²) in [5.41, 5.74) is 1.09. The Balaban J connectivity index is 2.50. The maximum absolute atomic E-state index is 11.1. The van der Waals surface area contributed by atoms with Crippen molar-refractivity contribution >= 4 is 5.91 Å². The number of nitrogens with two attached hydrogens (primary N) is 1. The molecular weight excluding hydrogens is 180 g/mol. The van der Waals surface area contributed by atoms with E-state index in [4.69, 9.17) is 10.6 Å². The standard InChI is InChI=1S/C10H14N2O2/c1-8-4-3-5-9(6-8)14-7-10(13)12(2)11/h3-6H,7,11H2,1-2H3. The first-order chi connectivity index (χ1) is 6.59. The summed E-state index contributed by atoms with van der Waals surface area (Å²) in [5, 5.41) is 1.01. The fraction of sp³-hybridized carbons (Fsp3) is 0.300. The summed E-state index contributed by atoms with van der Waals surface area (Å²) in [7, 11) is 1.49. The van der Waals surface area contributed by atoms with Crippen LogP contribution in [0.25, 0.3) is 0 Å². The van der Waals surface area contributed by atoms with Crippen molar-refractivity contribution in [1.82, 2.24) is 5.01 Å². The maximum Gasteiger partial charge on any atom is 0.274 e. The molecule has 0 aromatic heterocycles. The highest BCUT2D eigenvalue weighted by molar-refractivity contribution is 5.76. The molecule has 1 amide bonds. The van der Waals surface area contributed by atoms with Gasteiger partial charge >= 0.3 is 0 Å². The molecule has 1 aromatic rings. The number of rotatable bonds is 3. The van der Waals surface area contributed by atoms with Crippen LogP contribution in [-0.4, -0.2) is 24.6 Å². The Bertz CT molecular complexity index is 324. The third-order valence-corrected chi connectivity index (χ3v) is 1.75. The number of ether oxygens (including phenoxy) is 1. The largest absolute Gasteiger partial charge is 0.484 e. The van der Waals surface area contributed by atoms with Crippen LogP contribution in [0.2, 0.25) is 0 Å². The molecule has 1 rings (SSSR count). The van der Waals surface area contributed by atoms with E-state index >= 15 is 0 Å². The first-order valence-electron chi connectivity index (χ1n) is 4.30. The number of hydrogen-bond donors (Lipinski definition) is 1. The van der Waals surface area contributed by atoms with Crippen LogP contribution in [0.1, 0.15) is 5.56 Å². The Morgan fingerprint density at radius 1 is 1.57 bits per heavy atom. The van der Waals surface area contributed by atoms with Gasteiger partial charge < -0.3 is 4.74 Å². The van der Waals surface area contributed by atoms with Gasteiger partial charge in [-0.3, -0.25) is 9.80 Å². The third-order valence-electron chi connectivity index (χ3n) is 1.75. The van der Waals surface area contributed by atoms with Gasteiger partial charge in [-0.1, -0.05) is 12.1 Å². The van der Waals surface area contributed by atoms with Gasteiger partial charge in [0.25, 0.3) is 5.91 Å². The Hall–Kier alpha value is -1.55. The van der Waals surface area contributed by atoms with Crippen LogP contribution in [-0.2, 0) is 4.79 Å². The number of carbonyl (C=O) groups is 1. The Morgan fingerprint density at radius 3 is 2.86 bits per heavy atom. The molecule has 0 heterocycles. The predicted molar refractivity (Wildman–Crippen MR) is 53.6 cm³/mol. The lowest BCUT2D eigenvalue weighted by Crippen LogP contribution is -2.36. The number of hydrogen-bond acceptors (Lipinski definition) is 3. The second-order valence-corrected chi connectivity index (χ2v) is 3.11. The van der Waals surface area contributed by atoms with Crippen molar-refractivity contribution in [3.05, 3.63) is 29.8 Å². The molecule has 2 N–H and O–H groups in total. The van der Waals surface area contributed by atoms with Crippen LogP contribution in [0.15, 0.2) is 24.3 Å². The van der Waals surface area contributed by atoms with Crippen molar-refractivity contribution in [1.29, 1.82) is 0 Å². The predicted octanol–water partition coefficient (Wildman–Crippen LogP) is 0.706. The first kappa shape index (κ1) is 10.5. The highest BCUT2D eigenvalue weighted by Gasteiger charge is 2.04. The van der Waals surface area contributed by atoms with Gasteiger partial charge in [0.1, 0.15) is 5.75 Å². The second kappa shape index (κ2) is 4.62. The maximum atomic E-state index is 11.1. The smallest absolute Gasteiger partial charge is 0.274 e. The summed E-state index contributed by atoms with van der Waals surface area (Å²) in [5.74, 6) is 5.66. The molecule has 0 fully saturated rings. The van der Waals surface area contributed by atoms with Crippen LogP contribution in [0.5, 0.6) is 5.75 Å². The van der Waals surface area contributed by atoms with E-state index in [2.05, 4.69) is 0 Å². The number of likely N-dealkylation sites (N-methyl/N-ethyl adjacent to an activating group) is 1. The lowest BCUT2D eigenvalue weighted by Gasteiger charge is -2.11. The molecule has 0 atom stereocenters. The van der Waals surface area contributed by atoms with Gasteiger partial charge in [0.2, 0.25) is 0 Å². The average molecular weight is 194 g/mol. The van der Waals surface area contributed by atoms with Crippen LogP contribution in [0.4, 0.5) is 0 Å². The van der Waals surface area contributed by atoms with E-state index in [9.17, 15) is 4.79 Å². The molecule has 4 heteroatoms. The van der Waals surface area contributed by atoms with E-state index in [-0.39, 0.29) is 12.5 Å². The van der Waals surface area contributed by atoms with Crippen LogP contribution >= 0.6 is 0 Å². The van der Waals surface area contributed by atoms with Gasteiger partial charge in [0, 0.05) is 7.05 Å². The molecule has 1 aromatic carbocycles. The fourth-order valence-corrected chi connectivity index (χ4v) is 0.952. The normalized spacial score (nSPS) is 9.64. The zero-order valence-electron chi connectivity index (χ0n) is 8.36. The van der Waals surface area contributed by atoms with E-state index < -0.39 is 0 Å². The van der Waals surface area contributed by atoms with Gasteiger partial charge in [-0.25, -0.2) is 5.84 Å². The van der Waals surface area contributed by atoms with Crippen molar-refractivity contribution in [3.8, 4) is 5.75 Å². The van der Waals surface area contributed by atoms with Crippen LogP contribution in [0, 0.1) is 6.92 Å². The summed E-state index contributed by atoms with van der Waals surface area (Å²) in [6.45, 7) is 1.93. The molecule has 0 radical (unpaired) electrons. The summed E-state index contributed by atoms with van der Waals surface area (Å²) in [4.78, 5) is 11.1. The zero-order chi connectivity index (χ0) is 10.6. The molecule has 4 nitrogen and oxygen atoms in total. The van der Waals surface area contributed by atoms with Gasteiger partial charge in [0.05, 0.1) is 0 Å². The summed E-state index contributed by atoms with van der Waals surface area (Å²) < 4.78 is 5.24. The zero-order valence-corrected chi connectivity index (χ0v) is 8.36. The van der Waals surface area contributed by atoms with Crippen molar-refractivity contribution in [2.75, 3.05) is 13.7 Å². The lowest BCUT2D eigenvalue weighted by atomic mass is 10.2. The van der Waals surface area contributed by atoms with Crippen LogP contribution < -0.4 is 10.6 Å². The highest BCUT2D eigenvalue weighted by atomic mass is 16.5. The van der Waals surface area contributed by atoms with E-state index in [0.717, 1.165) is 10.6 Å². The number of hydrazine groups is 1. The molecule has 0 bridgehead atoms. The molecule has 14 heavy (non-hydrogen) atoms. The first-order valence-corrected chi connectivity index (χ1v) is 4.30. The van der Waals surface area contributed by atoms with Gasteiger partial charge in [0.15, 0.2) is 6.61 Å². The van der Waals surface area contributed by atoms with E-state index in [1.807, 2.05) is 25.1 Å². The van der Waals surface area contributed by atoms with Crippen molar-refractivity contribution in [2.45, 2.75) is 6.92 Å². The minimum Gasteiger partial charge on any atom is -0.484 e. The highest BCUT2D eigenvalue weighted by Crippen LogP contribution is 2.11. The minimum atomic E-state index is -0.258. The summed E-state index contributed by atoms with van der Waals surface area (Å²) in [6, 6.07) is 7.51. The Kier molecular flexibility index (Phi) is 3.48. The molecule has 0 aliphatic heterocycles. The van der Waals surface area contributed by atoms with Crippen molar-refractivity contribution in [3.63, 3.8) is 0 Å². The van der Waals surface area contributed by atoms with Crippen molar-refractivity contribution < 1.29 is 9.53 Å². The Labute approximate surface area is 83.2 Å². The van der Waals surface area contributed by atoms with E-state index in [1.54, 1.807) is 6.07 Å². The van der Waals surface area contributed by atoms with Gasteiger partial charge in [-0.2, -0.15) is 0 Å². The number of aryl methyl sites for hydroxylation is 1. The number of amides is 1. The fourth-order valence-electron chi connectivity index (χ4n) is 0.952. The number of nitrogens with zero attached hydrogens (tertiary/aromatic N) is 1. The topological polar surface area (TPSA) is 55.6 Å². The lowest BCUT2D eigenvalue weighted by molar-refractivity contribution is -0.132. The SMILES string of the molecule is Cc1cccc(OCC(=O)N(C)N)c1. The second-order valence-electron chi connectivity index (χ2n) is 3.11. The molecule has 0 aliphatic rings. The molecule has 0 saturated carbocycles. The quantitative estimate of drug-likeness (QED) is 0.438. The Morgan fingerprint density at radius 2 is 2.29 bits per heavy atom. The van der Waals surface area contributed by atoms with Crippen LogP contribution in [0.3, 0.4) is 0 Å². The summed E-state index contributed by atoms with van der Waals surface area (Å²) >= 11 is 0. The van der Waals surface area contributed by atoms with E-state index in [1.165, 1.54) is 7.05 Å². The molecule has 0 spiro atoms. The molecule has 76 valence electrons. The van der Waals surface area contributed by atoms with Gasteiger partial charge in [-0.15, -0.1) is 0 Å². The third kappa shape index (κ3) is 3.06. The minimum absolute atomic E-state index is 0.0313.